The minimum Gasteiger partial charge on any atom is -0.495 e. The van der Waals surface area contributed by atoms with Gasteiger partial charge in [0.1, 0.15) is 11.6 Å². The number of hydrogen-bond donors (Lipinski definition) is 1. The van der Waals surface area contributed by atoms with Crippen LogP contribution in [0.3, 0.4) is 0 Å². The molecule has 0 spiro atoms. The van der Waals surface area contributed by atoms with E-state index in [0.29, 0.717) is 44.0 Å². The summed E-state index contributed by atoms with van der Waals surface area (Å²) in [6.45, 7) is 4.82. The highest BCUT2D eigenvalue weighted by Gasteiger charge is 2.33. The number of halogens is 1. The molecule has 5 rings (SSSR count). The molecule has 1 N–H and O–H groups in total. The van der Waals surface area contributed by atoms with E-state index in [4.69, 9.17) is 4.74 Å². The second-order valence-corrected chi connectivity index (χ2v) is 10.8. The lowest BCUT2D eigenvalue weighted by atomic mass is 9.93. The predicted molar refractivity (Wildman–Crippen MR) is 147 cm³/mol. The maximum atomic E-state index is 14.1. The number of nitrogens with one attached hydrogen (secondary N) is 1. The molecule has 7 nitrogen and oxygen atoms in total. The Balaban J connectivity index is 1.19. The van der Waals surface area contributed by atoms with Gasteiger partial charge in [-0.2, -0.15) is 0 Å². The molecule has 2 aliphatic heterocycles. The lowest BCUT2D eigenvalue weighted by Gasteiger charge is -2.40. The van der Waals surface area contributed by atoms with Gasteiger partial charge in [-0.3, -0.25) is 9.69 Å². The van der Waals surface area contributed by atoms with E-state index in [1.807, 2.05) is 30.0 Å². The van der Waals surface area contributed by atoms with Gasteiger partial charge in [-0.1, -0.05) is 24.3 Å². The Morgan fingerprint density at radius 3 is 2.74 bits per heavy atom. The summed E-state index contributed by atoms with van der Waals surface area (Å²) in [5, 5.41) is 5.02. The standard InChI is InChI=1S/C29H33FN4O3S/c1-20-19-33(15-16-34(20)29(36)31-24-8-3-4-9-25(24)37-2)27(35)11-14-32-13-10-26-23(12-17-38-26)28(32)21-6-5-7-22(30)18-21/h3-9,12,17-18,20,28H,10-11,13-16,19H2,1-2H3,(H,31,36)/t20-,28-/m0/s1. The van der Waals surface area contributed by atoms with Gasteiger partial charge in [-0.15, -0.1) is 11.3 Å². The maximum Gasteiger partial charge on any atom is 0.322 e. The minimum atomic E-state index is -0.248. The summed E-state index contributed by atoms with van der Waals surface area (Å²) in [5.41, 5.74) is 2.75. The van der Waals surface area contributed by atoms with Gasteiger partial charge in [-0.05, 0) is 60.2 Å². The number of carbonyl (C=O) groups is 2. The molecule has 3 amide bonds. The molecular formula is C29H33FN4O3S. The second-order valence-electron chi connectivity index (χ2n) is 9.81. The van der Waals surface area contributed by atoms with Crippen LogP contribution in [0.25, 0.3) is 0 Å². The molecule has 2 aliphatic rings. The number of para-hydroxylation sites is 2. The summed E-state index contributed by atoms with van der Waals surface area (Å²) < 4.78 is 19.4. The smallest absolute Gasteiger partial charge is 0.322 e. The van der Waals surface area contributed by atoms with Crippen LogP contribution in [-0.2, 0) is 11.2 Å². The second kappa shape index (κ2) is 11.5. The van der Waals surface area contributed by atoms with Crippen molar-refractivity contribution in [2.45, 2.75) is 31.8 Å². The Bertz CT molecular complexity index is 1300. The molecule has 9 heteroatoms. The minimum absolute atomic E-state index is 0.0528. The van der Waals surface area contributed by atoms with E-state index in [1.165, 1.54) is 16.5 Å². The Kier molecular flexibility index (Phi) is 7.95. The number of ether oxygens (including phenoxy) is 1. The molecule has 0 radical (unpaired) electrons. The molecule has 2 atom stereocenters. The van der Waals surface area contributed by atoms with E-state index in [9.17, 15) is 14.0 Å². The molecule has 0 bridgehead atoms. The highest BCUT2D eigenvalue weighted by atomic mass is 32.1. The molecule has 3 heterocycles. The predicted octanol–water partition coefficient (Wildman–Crippen LogP) is 5.00. The summed E-state index contributed by atoms with van der Waals surface area (Å²) in [7, 11) is 1.57. The number of anilines is 1. The van der Waals surface area contributed by atoms with Crippen molar-refractivity contribution in [1.82, 2.24) is 14.7 Å². The fraction of sp³-hybridized carbons (Fsp3) is 0.379. The Labute approximate surface area is 226 Å². The number of carbonyl (C=O) groups excluding carboxylic acids is 2. The van der Waals surface area contributed by atoms with Crippen LogP contribution in [0.1, 0.15) is 35.4 Å². The normalized spacial score (nSPS) is 19.7. The lowest BCUT2D eigenvalue weighted by molar-refractivity contribution is -0.134. The van der Waals surface area contributed by atoms with Crippen LogP contribution in [0, 0.1) is 5.82 Å². The van der Waals surface area contributed by atoms with Gasteiger partial charge in [0.05, 0.1) is 18.8 Å². The van der Waals surface area contributed by atoms with E-state index in [0.717, 1.165) is 18.5 Å². The van der Waals surface area contributed by atoms with Gasteiger partial charge in [-0.25, -0.2) is 9.18 Å². The SMILES string of the molecule is COc1ccccc1NC(=O)N1CCN(C(=O)CCN2CCc3sccc3[C@@H]2c2cccc(F)c2)C[C@@H]1C. The van der Waals surface area contributed by atoms with Crippen LogP contribution in [0.15, 0.2) is 60.0 Å². The van der Waals surface area contributed by atoms with Crippen LogP contribution in [0.2, 0.25) is 0 Å². The number of rotatable bonds is 6. The van der Waals surface area contributed by atoms with Gasteiger partial charge in [0.2, 0.25) is 5.91 Å². The van der Waals surface area contributed by atoms with Gasteiger partial charge in [0.25, 0.3) is 0 Å². The van der Waals surface area contributed by atoms with Crippen LogP contribution >= 0.6 is 11.3 Å². The van der Waals surface area contributed by atoms with Gasteiger partial charge < -0.3 is 19.9 Å². The molecule has 200 valence electrons. The number of benzene rings is 2. The molecule has 3 aromatic rings. The number of piperazine rings is 1. The third-order valence-corrected chi connectivity index (χ3v) is 8.43. The molecule has 0 aliphatic carbocycles. The molecular weight excluding hydrogens is 503 g/mol. The van der Waals surface area contributed by atoms with Gasteiger partial charge in [0, 0.05) is 50.1 Å². The molecule has 0 unspecified atom stereocenters. The number of thiophene rings is 1. The molecule has 2 aromatic carbocycles. The first-order chi connectivity index (χ1) is 18.4. The molecule has 0 saturated carbocycles. The highest BCUT2D eigenvalue weighted by Crippen LogP contribution is 2.38. The van der Waals surface area contributed by atoms with Gasteiger partial charge >= 0.3 is 6.03 Å². The fourth-order valence-electron chi connectivity index (χ4n) is 5.49. The van der Waals surface area contributed by atoms with E-state index in [1.54, 1.807) is 47.6 Å². The number of hydrogen-bond acceptors (Lipinski definition) is 5. The largest absolute Gasteiger partial charge is 0.495 e. The number of urea groups is 1. The van der Waals surface area contributed by atoms with Crippen molar-refractivity contribution in [3.63, 3.8) is 0 Å². The summed E-state index contributed by atoms with van der Waals surface area (Å²) in [6.07, 6.45) is 1.31. The zero-order chi connectivity index (χ0) is 26.6. The first kappa shape index (κ1) is 26.2. The van der Waals surface area contributed by atoms with Crippen LogP contribution in [0.5, 0.6) is 5.75 Å². The van der Waals surface area contributed by atoms with Crippen molar-refractivity contribution in [3.8, 4) is 5.75 Å². The van der Waals surface area contributed by atoms with Crippen LogP contribution in [-0.4, -0.2) is 72.5 Å². The highest BCUT2D eigenvalue weighted by molar-refractivity contribution is 7.10. The molecule has 38 heavy (non-hydrogen) atoms. The van der Waals surface area contributed by atoms with E-state index in [2.05, 4.69) is 21.7 Å². The van der Waals surface area contributed by atoms with Crippen LogP contribution < -0.4 is 10.1 Å². The summed E-state index contributed by atoms with van der Waals surface area (Å²) in [4.78, 5) is 33.4. The summed E-state index contributed by atoms with van der Waals surface area (Å²) in [5.74, 6) is 0.435. The van der Waals surface area contributed by atoms with Crippen molar-refractivity contribution in [2.75, 3.05) is 45.2 Å². The zero-order valence-electron chi connectivity index (χ0n) is 21.7. The quantitative estimate of drug-likeness (QED) is 0.482. The number of methoxy groups -OCH3 is 1. The van der Waals surface area contributed by atoms with Gasteiger partial charge in [0.15, 0.2) is 0 Å². The average Bonchev–Trinajstić information content (AvgIpc) is 3.40. The van der Waals surface area contributed by atoms with Crippen molar-refractivity contribution >= 4 is 29.0 Å². The average molecular weight is 537 g/mol. The van der Waals surface area contributed by atoms with Crippen LogP contribution in [0.4, 0.5) is 14.9 Å². The fourth-order valence-corrected chi connectivity index (χ4v) is 6.40. The monoisotopic (exact) mass is 536 g/mol. The molecule has 1 aromatic heterocycles. The number of fused-ring (bicyclic) bond motifs is 1. The first-order valence-corrected chi connectivity index (χ1v) is 13.9. The van der Waals surface area contributed by atoms with Crippen molar-refractivity contribution in [1.29, 1.82) is 0 Å². The Hall–Kier alpha value is -3.43. The maximum absolute atomic E-state index is 14.1. The van der Waals surface area contributed by atoms with E-state index < -0.39 is 0 Å². The van der Waals surface area contributed by atoms with Crippen molar-refractivity contribution in [3.05, 3.63) is 81.8 Å². The topological polar surface area (TPSA) is 65.1 Å². The summed E-state index contributed by atoms with van der Waals surface area (Å²) in [6, 6.07) is 15.8. The Morgan fingerprint density at radius 1 is 1.11 bits per heavy atom. The molecule has 1 saturated heterocycles. The van der Waals surface area contributed by atoms with E-state index >= 15 is 0 Å². The Morgan fingerprint density at radius 2 is 1.95 bits per heavy atom. The number of nitrogens with zero attached hydrogens (tertiary/aromatic N) is 3. The zero-order valence-corrected chi connectivity index (χ0v) is 22.5. The van der Waals surface area contributed by atoms with Crippen molar-refractivity contribution < 1.29 is 18.7 Å². The number of amides is 3. The van der Waals surface area contributed by atoms with E-state index in [-0.39, 0.29) is 29.8 Å². The first-order valence-electron chi connectivity index (χ1n) is 13.0. The third kappa shape index (κ3) is 5.54. The molecule has 1 fully saturated rings. The summed E-state index contributed by atoms with van der Waals surface area (Å²) >= 11 is 1.74. The van der Waals surface area contributed by atoms with Crippen molar-refractivity contribution in [2.24, 2.45) is 0 Å². The lowest BCUT2D eigenvalue weighted by Crippen LogP contribution is -2.56. The third-order valence-electron chi connectivity index (χ3n) is 7.43.